The zero-order valence-electron chi connectivity index (χ0n) is 6.64. The molecule has 0 atom stereocenters. The summed E-state index contributed by atoms with van der Waals surface area (Å²) in [4.78, 5) is 26.8. The van der Waals surface area contributed by atoms with Crippen LogP contribution in [-0.4, -0.2) is 21.5 Å². The van der Waals surface area contributed by atoms with Crippen LogP contribution in [-0.2, 0) is 4.79 Å². The maximum atomic E-state index is 11.3. The molecule has 2 rings (SSSR count). The van der Waals surface area contributed by atoms with Gasteiger partial charge in [0.25, 0.3) is 0 Å². The van der Waals surface area contributed by atoms with Gasteiger partial charge < -0.3 is 4.79 Å². The fourth-order valence-electron chi connectivity index (χ4n) is 1.04. The lowest BCUT2D eigenvalue weighted by Crippen LogP contribution is -1.95. The third kappa shape index (κ3) is 1.38. The summed E-state index contributed by atoms with van der Waals surface area (Å²) in [7, 11) is 0. The molecule has 0 N–H and O–H groups in total. The second-order valence-electron chi connectivity index (χ2n) is 2.53. The Morgan fingerprint density at radius 2 is 2.54 bits per heavy atom. The number of hydrogen-bond acceptors (Lipinski definition) is 4. The van der Waals surface area contributed by atoms with Crippen molar-refractivity contribution >= 4 is 28.2 Å². The number of nitrogens with zero attached hydrogens (tertiary/aromatic N) is 2. The van der Waals surface area contributed by atoms with Crippen molar-refractivity contribution in [1.29, 1.82) is 0 Å². The van der Waals surface area contributed by atoms with Gasteiger partial charge in [0.05, 0.1) is 23.8 Å². The largest absolute Gasteiger partial charge is 0.303 e. The molecule has 66 valence electrons. The van der Waals surface area contributed by atoms with E-state index in [4.69, 9.17) is 0 Å². The van der Waals surface area contributed by atoms with Crippen LogP contribution in [0.4, 0.5) is 0 Å². The Morgan fingerprint density at radius 3 is 3.23 bits per heavy atom. The van der Waals surface area contributed by atoms with Gasteiger partial charge in [0.15, 0.2) is 5.78 Å². The van der Waals surface area contributed by atoms with E-state index in [2.05, 4.69) is 4.98 Å². The molecule has 0 saturated heterocycles. The molecule has 0 bridgehead atoms. The van der Waals surface area contributed by atoms with E-state index in [9.17, 15) is 9.59 Å². The van der Waals surface area contributed by atoms with E-state index in [-0.39, 0.29) is 12.2 Å². The fraction of sp³-hybridized carbons (Fsp3) is 0.125. The van der Waals surface area contributed by atoms with Gasteiger partial charge in [-0.05, 0) is 0 Å². The van der Waals surface area contributed by atoms with Crippen LogP contribution in [0.25, 0.3) is 4.83 Å². The van der Waals surface area contributed by atoms with Gasteiger partial charge in [0.2, 0.25) is 0 Å². The zero-order valence-corrected chi connectivity index (χ0v) is 7.45. The highest BCUT2D eigenvalue weighted by molar-refractivity contribution is 7.19. The van der Waals surface area contributed by atoms with Crippen molar-refractivity contribution in [1.82, 2.24) is 9.38 Å². The first kappa shape index (κ1) is 8.12. The van der Waals surface area contributed by atoms with Crippen LogP contribution in [0.15, 0.2) is 18.7 Å². The highest BCUT2D eigenvalue weighted by Gasteiger charge is 2.09. The average molecular weight is 194 g/mol. The smallest absolute Gasteiger partial charge is 0.181 e. The number of Topliss-reactive ketones (excluding diaryl/α,β-unsaturated/α-hetero) is 1. The number of rotatable bonds is 3. The van der Waals surface area contributed by atoms with Gasteiger partial charge in [-0.25, -0.2) is 4.98 Å². The van der Waals surface area contributed by atoms with Crippen molar-refractivity contribution in [3.8, 4) is 0 Å². The number of imidazole rings is 1. The molecular weight excluding hydrogens is 188 g/mol. The first-order valence-electron chi connectivity index (χ1n) is 3.69. The maximum Gasteiger partial charge on any atom is 0.181 e. The molecule has 13 heavy (non-hydrogen) atoms. The predicted molar refractivity (Wildman–Crippen MR) is 48.1 cm³/mol. The highest BCUT2D eigenvalue weighted by atomic mass is 32.1. The molecule has 0 spiro atoms. The SMILES string of the molecule is O=CCC(=O)c1cn2cncc2s1. The summed E-state index contributed by atoms with van der Waals surface area (Å²) in [6.07, 6.45) is 5.58. The standard InChI is InChI=1S/C8H6N2O2S/c11-2-1-6(12)7-4-10-5-9-3-8(10)13-7/h2-5H,1H2. The van der Waals surface area contributed by atoms with E-state index >= 15 is 0 Å². The molecule has 2 heterocycles. The number of thiazole rings is 1. The lowest BCUT2D eigenvalue weighted by atomic mass is 10.3. The molecule has 0 aliphatic heterocycles. The van der Waals surface area contributed by atoms with E-state index in [0.29, 0.717) is 11.2 Å². The molecule has 0 radical (unpaired) electrons. The van der Waals surface area contributed by atoms with E-state index < -0.39 is 0 Å². The van der Waals surface area contributed by atoms with Gasteiger partial charge in [0, 0.05) is 6.20 Å². The minimum Gasteiger partial charge on any atom is -0.303 e. The number of carbonyl (C=O) groups is 2. The molecule has 2 aromatic heterocycles. The first-order chi connectivity index (χ1) is 6.31. The molecule has 0 unspecified atom stereocenters. The van der Waals surface area contributed by atoms with Crippen molar-refractivity contribution in [2.24, 2.45) is 0 Å². The number of ketones is 1. The third-order valence-corrected chi connectivity index (χ3v) is 2.72. The number of aldehydes is 1. The lowest BCUT2D eigenvalue weighted by molar-refractivity contribution is -0.107. The molecular formula is C8H6N2O2S. The Balaban J connectivity index is 2.39. The van der Waals surface area contributed by atoms with E-state index in [1.54, 1.807) is 23.1 Å². The van der Waals surface area contributed by atoms with Crippen molar-refractivity contribution in [2.75, 3.05) is 0 Å². The summed E-state index contributed by atoms with van der Waals surface area (Å²) in [5.74, 6) is -0.135. The minimum atomic E-state index is -0.135. The monoisotopic (exact) mass is 194 g/mol. The van der Waals surface area contributed by atoms with Gasteiger partial charge in [-0.15, -0.1) is 11.3 Å². The fourth-order valence-corrected chi connectivity index (χ4v) is 1.95. The van der Waals surface area contributed by atoms with Crippen LogP contribution < -0.4 is 0 Å². The maximum absolute atomic E-state index is 11.3. The molecule has 0 aliphatic carbocycles. The molecule has 0 fully saturated rings. The second kappa shape index (κ2) is 3.10. The third-order valence-electron chi connectivity index (χ3n) is 1.64. The molecule has 0 saturated carbocycles. The van der Waals surface area contributed by atoms with Crippen molar-refractivity contribution in [2.45, 2.75) is 6.42 Å². The van der Waals surface area contributed by atoms with Crippen LogP contribution in [0.3, 0.4) is 0 Å². The molecule has 0 aromatic carbocycles. The summed E-state index contributed by atoms with van der Waals surface area (Å²) < 4.78 is 1.77. The summed E-state index contributed by atoms with van der Waals surface area (Å²) in [6, 6.07) is 0. The molecule has 2 aromatic rings. The van der Waals surface area contributed by atoms with Crippen LogP contribution in [0, 0.1) is 0 Å². The van der Waals surface area contributed by atoms with Crippen LogP contribution in [0.5, 0.6) is 0 Å². The summed E-state index contributed by atoms with van der Waals surface area (Å²) in [5, 5.41) is 0. The summed E-state index contributed by atoms with van der Waals surface area (Å²) >= 11 is 1.34. The van der Waals surface area contributed by atoms with Crippen LogP contribution in [0.1, 0.15) is 16.1 Å². The topological polar surface area (TPSA) is 51.4 Å². The van der Waals surface area contributed by atoms with Crippen molar-refractivity contribution in [3.05, 3.63) is 23.6 Å². The van der Waals surface area contributed by atoms with Gasteiger partial charge in [-0.1, -0.05) is 0 Å². The molecule has 0 amide bonds. The van der Waals surface area contributed by atoms with Gasteiger partial charge >= 0.3 is 0 Å². The van der Waals surface area contributed by atoms with Crippen LogP contribution >= 0.6 is 11.3 Å². The Labute approximate surface area is 77.8 Å². The van der Waals surface area contributed by atoms with E-state index in [1.807, 2.05) is 0 Å². The Morgan fingerprint density at radius 1 is 1.69 bits per heavy atom. The Bertz CT molecular complexity index is 429. The van der Waals surface area contributed by atoms with E-state index in [0.717, 1.165) is 4.83 Å². The molecule has 5 heteroatoms. The molecule has 4 nitrogen and oxygen atoms in total. The zero-order chi connectivity index (χ0) is 9.26. The normalized spacial score (nSPS) is 10.5. The Kier molecular flexibility index (Phi) is 1.94. The molecule has 0 aliphatic rings. The number of carbonyl (C=O) groups excluding carboxylic acids is 2. The Hall–Kier alpha value is -1.49. The second-order valence-corrected chi connectivity index (χ2v) is 3.59. The number of fused-ring (bicyclic) bond motifs is 1. The van der Waals surface area contributed by atoms with Gasteiger partial charge in [-0.2, -0.15) is 0 Å². The number of hydrogen-bond donors (Lipinski definition) is 0. The lowest BCUT2D eigenvalue weighted by Gasteiger charge is -1.86. The van der Waals surface area contributed by atoms with E-state index in [1.165, 1.54) is 11.3 Å². The minimum absolute atomic E-state index is 0.0445. The predicted octanol–water partition coefficient (Wildman–Crippen LogP) is 1.17. The first-order valence-corrected chi connectivity index (χ1v) is 4.51. The summed E-state index contributed by atoms with van der Waals surface area (Å²) in [6.45, 7) is 0. The van der Waals surface area contributed by atoms with Gasteiger partial charge in [0.1, 0.15) is 11.1 Å². The van der Waals surface area contributed by atoms with Crippen molar-refractivity contribution in [3.63, 3.8) is 0 Å². The van der Waals surface area contributed by atoms with Crippen LogP contribution in [0.2, 0.25) is 0 Å². The summed E-state index contributed by atoms with van der Waals surface area (Å²) in [5.41, 5.74) is 0. The average Bonchev–Trinajstić information content (AvgIpc) is 2.61. The number of aromatic nitrogens is 2. The van der Waals surface area contributed by atoms with Gasteiger partial charge in [-0.3, -0.25) is 9.20 Å². The quantitative estimate of drug-likeness (QED) is 0.418. The van der Waals surface area contributed by atoms with Crippen molar-refractivity contribution < 1.29 is 9.59 Å². The highest BCUT2D eigenvalue weighted by Crippen LogP contribution is 2.18.